The second-order valence-corrected chi connectivity index (χ2v) is 11.6. The van der Waals surface area contributed by atoms with Gasteiger partial charge in [-0.3, -0.25) is 0 Å². The van der Waals surface area contributed by atoms with Crippen LogP contribution in [0.4, 0.5) is 0 Å². The van der Waals surface area contributed by atoms with E-state index in [0.717, 1.165) is 0 Å². The number of hydrogen-bond donors (Lipinski definition) is 6. The van der Waals surface area contributed by atoms with Crippen molar-refractivity contribution in [3.05, 3.63) is 0 Å². The number of halogens is 1. The first-order valence-electron chi connectivity index (χ1n) is 1.21. The first kappa shape index (κ1) is 8.54. The second kappa shape index (κ2) is 0.696. The molecule has 0 unspecified atom stereocenters. The van der Waals surface area contributed by atoms with Crippen molar-refractivity contribution >= 4 is 10.2 Å². The van der Waals surface area contributed by atoms with Gasteiger partial charge in [0, 0.05) is 0 Å². The molecule has 59 valence electrons. The molecule has 0 aromatic heterocycles. The fourth-order valence-electron chi connectivity index (χ4n) is 0. The van der Waals surface area contributed by atoms with E-state index in [4.69, 9.17) is 39.1 Å². The van der Waals surface area contributed by atoms with E-state index in [0.29, 0.717) is 0 Å². The molecule has 0 aliphatic heterocycles. The van der Waals surface area contributed by atoms with Crippen LogP contribution < -0.4 is 28.9 Å². The van der Waals surface area contributed by atoms with Crippen molar-refractivity contribution in [2.45, 2.75) is 0 Å². The van der Waals surface area contributed by atoms with Crippen molar-refractivity contribution in [1.29, 1.82) is 0 Å². The van der Waals surface area contributed by atoms with E-state index in [-0.39, 0.29) is 0 Å². The van der Waals surface area contributed by atoms with Gasteiger partial charge in [-0.15, -0.1) is 0 Å². The van der Waals surface area contributed by atoms with Gasteiger partial charge in [0.25, 0.3) is 0 Å². The van der Waals surface area contributed by atoms with Crippen LogP contribution in [-0.2, 0) is 9.69 Å². The van der Waals surface area contributed by atoms with Gasteiger partial charge in [-0.1, -0.05) is 0 Å². The van der Waals surface area contributed by atoms with Crippen molar-refractivity contribution in [3.63, 3.8) is 0 Å². The summed E-state index contributed by atoms with van der Waals surface area (Å²) in [5.74, 6) is 0. The second-order valence-electron chi connectivity index (χ2n) is 2.00. The Balaban J connectivity index is 5.14. The molecule has 12 N–H and O–H groups in total. The molecule has 8 heavy (non-hydrogen) atoms. The minimum absolute atomic E-state index is 4.86. The van der Waals surface area contributed by atoms with Gasteiger partial charge >= 0.3 is 48.8 Å². The minimum atomic E-state index is -5.65. The van der Waals surface area contributed by atoms with Crippen molar-refractivity contribution in [2.24, 2.45) is 28.9 Å². The summed E-state index contributed by atoms with van der Waals surface area (Å²) in [6, 6.07) is 0. The molecule has 0 radical (unpaired) electrons. The van der Waals surface area contributed by atoms with Crippen LogP contribution in [-0.4, -0.2) is 0 Å². The predicted octanol–water partition coefficient (Wildman–Crippen LogP) is -2.86. The van der Waals surface area contributed by atoms with E-state index in [1.807, 2.05) is 0 Å². The molecule has 0 fully saturated rings. The average Bonchev–Trinajstić information content (AvgIpc) is 0.544. The van der Waals surface area contributed by atoms with Crippen LogP contribution in [0.3, 0.4) is 0 Å². The van der Waals surface area contributed by atoms with Crippen LogP contribution in [0.5, 0.6) is 0 Å². The summed E-state index contributed by atoms with van der Waals surface area (Å²) in [5, 5.41) is 0. The van der Waals surface area contributed by atoms with Crippen molar-refractivity contribution in [2.75, 3.05) is 0 Å². The molecule has 0 aliphatic rings. The molecular weight excluding hydrogens is 178 g/mol. The molecule has 0 aromatic rings. The van der Waals surface area contributed by atoms with Crippen molar-refractivity contribution in [3.8, 4) is 0 Å². The quantitative estimate of drug-likeness (QED) is 0.226. The van der Waals surface area contributed by atoms with E-state index >= 15 is 0 Å². The van der Waals surface area contributed by atoms with Gasteiger partial charge in [-0.2, -0.15) is 0 Å². The maximum absolute atomic E-state index is 5.65. The Morgan fingerprint density at radius 1 is 0.750 bits per heavy atom. The van der Waals surface area contributed by atoms with Crippen LogP contribution in [0.25, 0.3) is 0 Å². The summed E-state index contributed by atoms with van der Waals surface area (Å²) < 4.78 is 0. The third-order valence-electron chi connectivity index (χ3n) is 0. The van der Waals surface area contributed by atoms with Gasteiger partial charge < -0.3 is 0 Å². The van der Waals surface area contributed by atoms with E-state index in [2.05, 4.69) is 0 Å². The fraction of sp³-hybridized carbons (Fsp3) is 0. The molecule has 6 nitrogen and oxygen atoms in total. The summed E-state index contributed by atoms with van der Waals surface area (Å²) in [7, 11) is -0.565. The monoisotopic (exact) mass is 189 g/mol. The zero-order valence-electron chi connectivity index (χ0n) is 4.16. The molecule has 0 rings (SSSR count). The standard InChI is InChI=1S/ClH.6H2N.Ni/h1H;6*1H2;/q;6*-1;+7/p-1. The molecule has 0 amide bonds. The Hall–Kier alpha value is 0.544. The van der Waals surface area contributed by atoms with Gasteiger partial charge in [0.2, 0.25) is 0 Å². The molecule has 0 spiro atoms. The fourth-order valence-corrected chi connectivity index (χ4v) is 0. The van der Waals surface area contributed by atoms with Crippen LogP contribution in [0.2, 0.25) is 0 Å². The van der Waals surface area contributed by atoms with Crippen LogP contribution in [0, 0.1) is 0 Å². The molecule has 0 heterocycles. The Bertz CT molecular complexity index is 101. The van der Waals surface area contributed by atoms with Crippen LogP contribution in [0.1, 0.15) is 0 Å². The Kier molecular flexibility index (Phi) is 0.743. The first-order valence-corrected chi connectivity index (χ1v) is 6.00. The SMILES string of the molecule is [NH2][Ni]([NH2])([NH2])([NH2])([NH2])([NH2])[Cl]. The Labute approximate surface area is 49.4 Å². The number of nitrogens with two attached hydrogens (primary N) is 6. The topological polar surface area (TPSA) is 156 Å². The van der Waals surface area contributed by atoms with Gasteiger partial charge in [0.05, 0.1) is 0 Å². The Morgan fingerprint density at radius 2 is 0.750 bits per heavy atom. The van der Waals surface area contributed by atoms with Gasteiger partial charge in [0.1, 0.15) is 0 Å². The third kappa shape index (κ3) is 681. The van der Waals surface area contributed by atoms with Crippen molar-refractivity contribution in [1.82, 2.24) is 0 Å². The average molecular weight is 190 g/mol. The van der Waals surface area contributed by atoms with Gasteiger partial charge in [0.15, 0.2) is 0 Å². The van der Waals surface area contributed by atoms with Crippen molar-refractivity contribution < 1.29 is 9.69 Å². The number of rotatable bonds is 0. The summed E-state index contributed by atoms with van der Waals surface area (Å²) in [6.45, 7) is 0. The molecule has 0 atom stereocenters. The summed E-state index contributed by atoms with van der Waals surface area (Å²) >= 11 is 0. The summed E-state index contributed by atoms with van der Waals surface area (Å²) in [4.78, 5) is 29.2. The van der Waals surface area contributed by atoms with Crippen LogP contribution in [0.15, 0.2) is 0 Å². The molecule has 0 aliphatic carbocycles. The summed E-state index contributed by atoms with van der Waals surface area (Å²) in [6.07, 6.45) is 0. The molecule has 0 aromatic carbocycles. The van der Waals surface area contributed by atoms with E-state index in [9.17, 15) is 0 Å². The molecule has 8 heteroatoms. The first-order chi connectivity index (χ1) is 2.65. The van der Waals surface area contributed by atoms with E-state index < -0.39 is 9.69 Å². The maximum atomic E-state index is 5.09. The third-order valence-corrected chi connectivity index (χ3v) is 0. The molecule has 0 saturated carbocycles. The normalized spacial score (nSPS) is 27.1. The zero-order valence-corrected chi connectivity index (χ0v) is 5.90. The predicted molar refractivity (Wildman–Crippen MR) is 31.0 cm³/mol. The van der Waals surface area contributed by atoms with E-state index in [1.165, 1.54) is 0 Å². The number of hydrogen-bond acceptors (Lipinski definition) is 6. The van der Waals surface area contributed by atoms with Gasteiger partial charge in [-0.25, -0.2) is 0 Å². The molecule has 0 bridgehead atoms. The van der Waals surface area contributed by atoms with Crippen LogP contribution >= 0.6 is 10.2 Å². The molecule has 0 saturated heterocycles. The van der Waals surface area contributed by atoms with E-state index in [1.54, 1.807) is 0 Å². The molecular formula is H12ClN6Ni. The summed E-state index contributed by atoms with van der Waals surface area (Å²) in [5.41, 5.74) is 0. The van der Waals surface area contributed by atoms with Gasteiger partial charge in [-0.05, 0) is 0 Å². The Morgan fingerprint density at radius 3 is 0.750 bits per heavy atom. The zero-order chi connectivity index (χ0) is 7.38.